The predicted molar refractivity (Wildman–Crippen MR) is 116 cm³/mol. The molecule has 2 aromatic rings. The second-order valence-electron chi connectivity index (χ2n) is 7.66. The van der Waals surface area contributed by atoms with Crippen LogP contribution >= 0.6 is 0 Å². The zero-order valence-corrected chi connectivity index (χ0v) is 17.1. The number of aromatic hydroxyl groups is 1. The maximum Gasteiger partial charge on any atom is 0.340 e. The van der Waals surface area contributed by atoms with E-state index in [1.165, 1.54) is 5.69 Å². The van der Waals surface area contributed by atoms with Crippen LogP contribution in [-0.2, 0) is 0 Å². The van der Waals surface area contributed by atoms with Crippen molar-refractivity contribution in [1.29, 1.82) is 0 Å². The number of urea groups is 1. The summed E-state index contributed by atoms with van der Waals surface area (Å²) in [6.45, 7) is 8.38. The van der Waals surface area contributed by atoms with E-state index >= 15 is 0 Å². The molecule has 0 aliphatic carbocycles. The van der Waals surface area contributed by atoms with Gasteiger partial charge in [-0.1, -0.05) is 6.92 Å². The van der Waals surface area contributed by atoms with Gasteiger partial charge in [-0.25, -0.2) is 10.2 Å². The van der Waals surface area contributed by atoms with E-state index in [-0.39, 0.29) is 12.1 Å². The fourth-order valence-electron chi connectivity index (χ4n) is 3.87. The Labute approximate surface area is 172 Å². The standard InChI is InChI=1S/C22H29N5O2/c1-3-17(2)27-22(29)26(16-23-27)20-6-4-18(5-7-20)24-12-14-25(15-13-24)19-8-10-21(28)11-9-19/h4-11,17,23,28H,3,12-16H2,1-2H3. The van der Waals surface area contributed by atoms with Gasteiger partial charge in [0.15, 0.2) is 0 Å². The molecule has 0 saturated carbocycles. The number of hydrogen-bond acceptors (Lipinski definition) is 5. The molecule has 2 N–H and O–H groups in total. The van der Waals surface area contributed by atoms with Crippen molar-refractivity contribution in [3.8, 4) is 5.75 Å². The first-order valence-electron chi connectivity index (χ1n) is 10.3. The van der Waals surface area contributed by atoms with E-state index in [0.29, 0.717) is 12.4 Å². The van der Waals surface area contributed by atoms with Crippen LogP contribution in [0.1, 0.15) is 20.3 Å². The number of hydrogen-bond donors (Lipinski definition) is 2. The Balaban J connectivity index is 1.37. The molecule has 0 spiro atoms. The molecule has 2 aromatic carbocycles. The highest BCUT2D eigenvalue weighted by atomic mass is 16.3. The molecule has 4 rings (SSSR count). The minimum absolute atomic E-state index is 0.00890. The number of hydrazine groups is 1. The highest BCUT2D eigenvalue weighted by Gasteiger charge is 2.32. The van der Waals surface area contributed by atoms with Crippen LogP contribution in [-0.4, -0.2) is 55.0 Å². The molecule has 1 atom stereocenters. The topological polar surface area (TPSA) is 62.3 Å². The fourth-order valence-corrected chi connectivity index (χ4v) is 3.87. The molecular formula is C22H29N5O2. The molecule has 2 heterocycles. The summed E-state index contributed by atoms with van der Waals surface area (Å²) in [5.74, 6) is 0.298. The minimum atomic E-state index is 0.00890. The van der Waals surface area contributed by atoms with Crippen molar-refractivity contribution in [3.63, 3.8) is 0 Å². The lowest BCUT2D eigenvalue weighted by Gasteiger charge is -2.37. The number of phenolic OH excluding ortho intramolecular Hbond substituents is 1. The second-order valence-corrected chi connectivity index (χ2v) is 7.66. The van der Waals surface area contributed by atoms with Crippen LogP contribution in [0.4, 0.5) is 21.9 Å². The van der Waals surface area contributed by atoms with E-state index in [9.17, 15) is 9.90 Å². The van der Waals surface area contributed by atoms with Gasteiger partial charge < -0.3 is 14.9 Å². The van der Waals surface area contributed by atoms with Crippen molar-refractivity contribution in [2.75, 3.05) is 47.5 Å². The minimum Gasteiger partial charge on any atom is -0.508 e. The predicted octanol–water partition coefficient (Wildman–Crippen LogP) is 3.22. The van der Waals surface area contributed by atoms with Gasteiger partial charge in [0.2, 0.25) is 0 Å². The van der Waals surface area contributed by atoms with E-state index in [2.05, 4.69) is 41.2 Å². The first kappa shape index (κ1) is 19.4. The van der Waals surface area contributed by atoms with E-state index in [1.54, 1.807) is 22.0 Å². The lowest BCUT2D eigenvalue weighted by molar-refractivity contribution is 0.176. The Morgan fingerprint density at radius 3 is 1.90 bits per heavy atom. The molecule has 2 aliphatic rings. The number of phenols is 1. The van der Waals surface area contributed by atoms with E-state index < -0.39 is 0 Å². The van der Waals surface area contributed by atoms with Gasteiger partial charge in [-0.2, -0.15) is 0 Å². The number of amides is 2. The SMILES string of the molecule is CCC(C)N1NCN(c2ccc(N3CCN(c4ccc(O)cc4)CC3)cc2)C1=O. The molecule has 2 aliphatic heterocycles. The lowest BCUT2D eigenvalue weighted by atomic mass is 10.2. The van der Waals surface area contributed by atoms with Crippen LogP contribution in [0.2, 0.25) is 0 Å². The molecular weight excluding hydrogens is 366 g/mol. The molecule has 154 valence electrons. The summed E-state index contributed by atoms with van der Waals surface area (Å²) in [5.41, 5.74) is 6.42. The number of rotatable bonds is 5. The first-order chi connectivity index (χ1) is 14.1. The zero-order chi connectivity index (χ0) is 20.4. The molecule has 7 heteroatoms. The van der Waals surface area contributed by atoms with Gasteiger partial charge in [0, 0.05) is 49.3 Å². The van der Waals surface area contributed by atoms with E-state index in [4.69, 9.17) is 0 Å². The zero-order valence-electron chi connectivity index (χ0n) is 17.1. The Kier molecular flexibility index (Phi) is 5.49. The fraction of sp³-hybridized carbons (Fsp3) is 0.409. The number of benzene rings is 2. The van der Waals surface area contributed by atoms with E-state index in [1.807, 2.05) is 24.3 Å². The number of carbonyl (C=O) groups excluding carboxylic acids is 1. The molecule has 29 heavy (non-hydrogen) atoms. The highest BCUT2D eigenvalue weighted by Crippen LogP contribution is 2.26. The number of anilines is 3. The molecule has 7 nitrogen and oxygen atoms in total. The maximum absolute atomic E-state index is 12.6. The van der Waals surface area contributed by atoms with Crippen LogP contribution in [0.15, 0.2) is 48.5 Å². The molecule has 2 saturated heterocycles. The normalized spacial score (nSPS) is 18.5. The van der Waals surface area contributed by atoms with Gasteiger partial charge in [-0.15, -0.1) is 0 Å². The quantitative estimate of drug-likeness (QED) is 0.814. The maximum atomic E-state index is 12.6. The van der Waals surface area contributed by atoms with Crippen molar-refractivity contribution < 1.29 is 9.90 Å². The van der Waals surface area contributed by atoms with Crippen molar-refractivity contribution in [2.24, 2.45) is 0 Å². The number of carbonyl (C=O) groups is 1. The summed E-state index contributed by atoms with van der Waals surface area (Å²) in [6, 6.07) is 15.8. The van der Waals surface area contributed by atoms with Crippen molar-refractivity contribution in [3.05, 3.63) is 48.5 Å². The van der Waals surface area contributed by atoms with Gasteiger partial charge in [0.25, 0.3) is 0 Å². The summed E-state index contributed by atoms with van der Waals surface area (Å²) >= 11 is 0. The number of nitrogens with one attached hydrogen (secondary N) is 1. The summed E-state index contributed by atoms with van der Waals surface area (Å²) < 4.78 is 0. The summed E-state index contributed by atoms with van der Waals surface area (Å²) in [6.07, 6.45) is 0.918. The molecule has 2 fully saturated rings. The Bertz CT molecular complexity index is 831. The van der Waals surface area contributed by atoms with E-state index in [0.717, 1.165) is 44.0 Å². The van der Waals surface area contributed by atoms with Crippen molar-refractivity contribution in [1.82, 2.24) is 10.4 Å². The molecule has 0 bridgehead atoms. The third-order valence-electron chi connectivity index (χ3n) is 5.89. The molecule has 2 amide bonds. The van der Waals surface area contributed by atoms with Gasteiger partial charge in [-0.3, -0.25) is 9.91 Å². The molecule has 0 radical (unpaired) electrons. The summed E-state index contributed by atoms with van der Waals surface area (Å²) in [4.78, 5) is 19.1. The first-order valence-corrected chi connectivity index (χ1v) is 10.3. The number of nitrogens with zero attached hydrogens (tertiary/aromatic N) is 4. The highest BCUT2D eigenvalue weighted by molar-refractivity contribution is 5.93. The summed E-state index contributed by atoms with van der Waals surface area (Å²) in [7, 11) is 0. The van der Waals surface area contributed by atoms with Crippen LogP contribution in [0.3, 0.4) is 0 Å². The number of piperazine rings is 1. The monoisotopic (exact) mass is 395 g/mol. The van der Waals surface area contributed by atoms with Crippen molar-refractivity contribution >= 4 is 23.1 Å². The van der Waals surface area contributed by atoms with Gasteiger partial charge >= 0.3 is 6.03 Å². The smallest absolute Gasteiger partial charge is 0.340 e. The van der Waals surface area contributed by atoms with Crippen LogP contribution < -0.4 is 20.1 Å². The molecule has 1 unspecified atom stereocenters. The van der Waals surface area contributed by atoms with Crippen LogP contribution in [0.5, 0.6) is 5.75 Å². The van der Waals surface area contributed by atoms with Crippen LogP contribution in [0.25, 0.3) is 0 Å². The summed E-state index contributed by atoms with van der Waals surface area (Å²) in [5, 5.41) is 11.2. The average Bonchev–Trinajstić information content (AvgIpc) is 3.15. The lowest BCUT2D eigenvalue weighted by Crippen LogP contribution is -2.46. The Morgan fingerprint density at radius 2 is 1.38 bits per heavy atom. The largest absolute Gasteiger partial charge is 0.508 e. The Morgan fingerprint density at radius 1 is 0.897 bits per heavy atom. The van der Waals surface area contributed by atoms with Crippen LogP contribution in [0, 0.1) is 0 Å². The van der Waals surface area contributed by atoms with Gasteiger partial charge in [0.1, 0.15) is 5.75 Å². The van der Waals surface area contributed by atoms with Gasteiger partial charge in [0.05, 0.1) is 6.67 Å². The molecule has 0 aromatic heterocycles. The average molecular weight is 396 g/mol. The Hall–Kier alpha value is -2.93. The van der Waals surface area contributed by atoms with Crippen molar-refractivity contribution in [2.45, 2.75) is 26.3 Å². The third-order valence-corrected chi connectivity index (χ3v) is 5.89. The third kappa shape index (κ3) is 3.96. The second kappa shape index (κ2) is 8.21. The van der Waals surface area contributed by atoms with Gasteiger partial charge in [-0.05, 0) is 61.9 Å².